The van der Waals surface area contributed by atoms with Crippen molar-refractivity contribution in [1.29, 1.82) is 0 Å². The maximum absolute atomic E-state index is 14.6. The Kier molecular flexibility index (Phi) is 6.58. The summed E-state index contributed by atoms with van der Waals surface area (Å²) in [5.74, 6) is -2.56. The standard InChI is InChI=1S/C24H22F7N5O3/c25-15-7-12-8-16(15)35(22(39)11-5-6-32-19(37)9-11)20(12)21(38)33-13-1-3-14(4-2-13)36-18(24(29,30)31)10-17(34-36)23(26,27)28/h1-4,10-12,15-16,20H,5-9H2,(H,32,37)(H,33,38)/t11?,12?,15-,16?,20-/m0/s1. The molecule has 39 heavy (non-hydrogen) atoms. The van der Waals surface area contributed by atoms with E-state index >= 15 is 0 Å². The predicted octanol–water partition coefficient (Wildman–Crippen LogP) is 3.70. The van der Waals surface area contributed by atoms with Crippen LogP contribution in [0.5, 0.6) is 0 Å². The Morgan fingerprint density at radius 3 is 2.33 bits per heavy atom. The maximum Gasteiger partial charge on any atom is 0.435 e. The number of halogens is 7. The zero-order chi connectivity index (χ0) is 28.3. The summed E-state index contributed by atoms with van der Waals surface area (Å²) in [5, 5.41) is 8.24. The lowest BCUT2D eigenvalue weighted by atomic mass is 9.92. The molecule has 2 aromatic rings. The third-order valence-corrected chi connectivity index (χ3v) is 7.38. The van der Waals surface area contributed by atoms with Crippen molar-refractivity contribution in [1.82, 2.24) is 20.0 Å². The molecular formula is C24H22F7N5O3. The van der Waals surface area contributed by atoms with Crippen molar-refractivity contribution in [3.8, 4) is 5.69 Å². The molecule has 0 spiro atoms. The third-order valence-electron chi connectivity index (χ3n) is 7.38. The van der Waals surface area contributed by atoms with E-state index < -0.39 is 65.6 Å². The average Bonchev–Trinajstić information content (AvgIpc) is 3.56. The molecule has 3 aliphatic rings. The number of piperidine rings is 2. The number of nitrogens with zero attached hydrogens (tertiary/aromatic N) is 3. The highest BCUT2D eigenvalue weighted by Crippen LogP contribution is 2.45. The van der Waals surface area contributed by atoms with Gasteiger partial charge in [-0.15, -0.1) is 0 Å². The molecule has 8 nitrogen and oxygen atoms in total. The van der Waals surface area contributed by atoms with Gasteiger partial charge in [0.15, 0.2) is 5.69 Å². The first-order chi connectivity index (χ1) is 18.2. The SMILES string of the molecule is O=C1CC(C(=O)N2C3CC(C[C@@H]3F)[C@H]2C(=O)Nc2ccc(-n3nc(C(F)(F)F)cc3C(F)(F)F)cc2)CCN1. The van der Waals surface area contributed by atoms with Gasteiger partial charge in [0.05, 0.1) is 11.7 Å². The summed E-state index contributed by atoms with van der Waals surface area (Å²) in [6, 6.07) is 2.59. The van der Waals surface area contributed by atoms with E-state index in [0.717, 1.165) is 12.1 Å². The molecular weight excluding hydrogens is 539 g/mol. The molecule has 15 heteroatoms. The Bertz CT molecular complexity index is 1290. The number of hydrogen-bond donors (Lipinski definition) is 2. The number of hydrogen-bond acceptors (Lipinski definition) is 4. The van der Waals surface area contributed by atoms with Crippen LogP contribution in [0.1, 0.15) is 37.1 Å². The number of alkyl halides is 7. The minimum Gasteiger partial charge on any atom is -0.356 e. The second-order valence-corrected chi connectivity index (χ2v) is 9.90. The van der Waals surface area contributed by atoms with Gasteiger partial charge in [-0.25, -0.2) is 9.07 Å². The van der Waals surface area contributed by atoms with E-state index in [1.807, 2.05) is 0 Å². The number of likely N-dealkylation sites (tertiary alicyclic amines) is 1. The smallest absolute Gasteiger partial charge is 0.356 e. The molecule has 0 radical (unpaired) electrons. The minimum absolute atomic E-state index is 0.0666. The van der Waals surface area contributed by atoms with Crippen LogP contribution in [0.3, 0.4) is 0 Å². The molecule has 210 valence electrons. The van der Waals surface area contributed by atoms with Gasteiger partial charge in [-0.05, 0) is 49.4 Å². The van der Waals surface area contributed by atoms with Crippen molar-refractivity contribution in [2.24, 2.45) is 11.8 Å². The fraction of sp³-hybridized carbons (Fsp3) is 0.500. The van der Waals surface area contributed by atoms with E-state index in [0.29, 0.717) is 6.42 Å². The summed E-state index contributed by atoms with van der Waals surface area (Å²) in [7, 11) is 0. The first kappa shape index (κ1) is 26.9. The first-order valence-electron chi connectivity index (χ1n) is 12.1. The van der Waals surface area contributed by atoms with Gasteiger partial charge in [0.1, 0.15) is 17.9 Å². The lowest BCUT2D eigenvalue weighted by Crippen LogP contribution is -2.56. The van der Waals surface area contributed by atoms with E-state index in [-0.39, 0.29) is 53.8 Å². The zero-order valence-corrected chi connectivity index (χ0v) is 20.0. The Labute approximate surface area is 216 Å². The van der Waals surface area contributed by atoms with Gasteiger partial charge in [-0.3, -0.25) is 14.4 Å². The summed E-state index contributed by atoms with van der Waals surface area (Å²) in [4.78, 5) is 39.5. The van der Waals surface area contributed by atoms with Crippen LogP contribution in [0.2, 0.25) is 0 Å². The van der Waals surface area contributed by atoms with Crippen molar-refractivity contribution in [3.63, 3.8) is 0 Å². The van der Waals surface area contributed by atoms with Crippen molar-refractivity contribution >= 4 is 23.4 Å². The fourth-order valence-corrected chi connectivity index (χ4v) is 5.65. The second kappa shape index (κ2) is 9.52. The van der Waals surface area contributed by atoms with Gasteiger partial charge in [0.25, 0.3) is 0 Å². The highest BCUT2D eigenvalue weighted by molar-refractivity contribution is 5.99. The molecule has 2 aliphatic heterocycles. The number of nitrogens with one attached hydrogen (secondary N) is 2. The summed E-state index contributed by atoms with van der Waals surface area (Å²) >= 11 is 0. The fourth-order valence-electron chi connectivity index (χ4n) is 5.65. The third kappa shape index (κ3) is 5.05. The van der Waals surface area contributed by atoms with E-state index in [2.05, 4.69) is 15.7 Å². The molecule has 1 saturated carbocycles. The molecule has 1 aromatic carbocycles. The van der Waals surface area contributed by atoms with Crippen LogP contribution in [-0.4, -0.2) is 57.2 Å². The van der Waals surface area contributed by atoms with Crippen molar-refractivity contribution in [2.45, 2.75) is 56.3 Å². The zero-order valence-electron chi connectivity index (χ0n) is 20.0. The Hall–Kier alpha value is -3.65. The van der Waals surface area contributed by atoms with E-state index in [4.69, 9.17) is 0 Å². The van der Waals surface area contributed by atoms with Gasteiger partial charge in [0.2, 0.25) is 17.7 Å². The van der Waals surface area contributed by atoms with Crippen LogP contribution >= 0.6 is 0 Å². The molecule has 2 bridgehead atoms. The summed E-state index contributed by atoms with van der Waals surface area (Å²) in [6.07, 6.45) is -10.9. The highest BCUT2D eigenvalue weighted by Gasteiger charge is 2.57. The number of carbonyl (C=O) groups is 3. The van der Waals surface area contributed by atoms with Gasteiger partial charge < -0.3 is 15.5 Å². The molecule has 1 aliphatic carbocycles. The van der Waals surface area contributed by atoms with E-state index in [9.17, 15) is 45.1 Å². The number of aromatic nitrogens is 2. The first-order valence-corrected chi connectivity index (χ1v) is 12.1. The maximum atomic E-state index is 14.6. The molecule has 5 atom stereocenters. The lowest BCUT2D eigenvalue weighted by Gasteiger charge is -2.38. The molecule has 3 amide bonds. The molecule has 1 aromatic heterocycles. The molecule has 3 unspecified atom stereocenters. The predicted molar refractivity (Wildman–Crippen MR) is 120 cm³/mol. The van der Waals surface area contributed by atoms with Crippen LogP contribution in [0.25, 0.3) is 5.69 Å². The number of fused-ring (bicyclic) bond motifs is 2. The normalized spacial score (nSPS) is 27.0. The van der Waals surface area contributed by atoms with Gasteiger partial charge >= 0.3 is 12.4 Å². The molecule has 3 heterocycles. The van der Waals surface area contributed by atoms with Crippen LogP contribution in [0.15, 0.2) is 30.3 Å². The number of benzene rings is 1. The summed E-state index contributed by atoms with van der Waals surface area (Å²) in [6.45, 7) is 0.288. The Balaban J connectivity index is 1.35. The molecule has 2 saturated heterocycles. The minimum atomic E-state index is -5.12. The number of amides is 3. The molecule has 5 rings (SSSR count). The quantitative estimate of drug-likeness (QED) is 0.557. The molecule has 2 N–H and O–H groups in total. The van der Waals surface area contributed by atoms with Gasteiger partial charge in [-0.1, -0.05) is 0 Å². The van der Waals surface area contributed by atoms with Crippen LogP contribution in [0.4, 0.5) is 36.4 Å². The summed E-state index contributed by atoms with van der Waals surface area (Å²) in [5.41, 5.74) is -3.57. The van der Waals surface area contributed by atoms with Gasteiger partial charge in [-0.2, -0.15) is 31.4 Å². The molecule has 3 fully saturated rings. The van der Waals surface area contributed by atoms with Crippen molar-refractivity contribution in [3.05, 3.63) is 41.7 Å². The van der Waals surface area contributed by atoms with E-state index in [1.165, 1.54) is 17.0 Å². The van der Waals surface area contributed by atoms with Crippen LogP contribution < -0.4 is 10.6 Å². The lowest BCUT2D eigenvalue weighted by molar-refractivity contribution is -0.148. The monoisotopic (exact) mass is 561 g/mol. The Morgan fingerprint density at radius 1 is 1.03 bits per heavy atom. The summed E-state index contributed by atoms with van der Waals surface area (Å²) < 4.78 is 93.7. The van der Waals surface area contributed by atoms with Crippen molar-refractivity contribution < 1.29 is 45.1 Å². The number of anilines is 1. The second-order valence-electron chi connectivity index (χ2n) is 9.90. The number of rotatable bonds is 4. The number of carbonyl (C=O) groups excluding carboxylic acids is 3. The topological polar surface area (TPSA) is 96.3 Å². The Morgan fingerprint density at radius 2 is 1.72 bits per heavy atom. The van der Waals surface area contributed by atoms with Crippen LogP contribution in [-0.2, 0) is 26.7 Å². The average molecular weight is 561 g/mol. The van der Waals surface area contributed by atoms with Crippen molar-refractivity contribution in [2.75, 3.05) is 11.9 Å². The van der Waals surface area contributed by atoms with E-state index in [1.54, 1.807) is 0 Å². The largest absolute Gasteiger partial charge is 0.435 e. The van der Waals surface area contributed by atoms with Gasteiger partial charge in [0, 0.05) is 30.6 Å². The van der Waals surface area contributed by atoms with Crippen LogP contribution in [0, 0.1) is 11.8 Å². The highest BCUT2D eigenvalue weighted by atomic mass is 19.4.